The molecule has 3 aromatic rings. The van der Waals surface area contributed by atoms with Gasteiger partial charge in [-0.05, 0) is 60.9 Å². The number of aliphatic carboxylic acids is 1. The van der Waals surface area contributed by atoms with Crippen LogP contribution in [0, 0.1) is 12.8 Å². The number of ether oxygens (including phenoxy) is 1. The highest BCUT2D eigenvalue weighted by atomic mass is 32.2. The lowest BCUT2D eigenvalue weighted by molar-refractivity contribution is -0.143. The second-order valence-corrected chi connectivity index (χ2v) is 12.2. The second kappa shape index (κ2) is 11.5. The van der Waals surface area contributed by atoms with Crippen LogP contribution in [0.4, 0.5) is 0 Å². The Morgan fingerprint density at radius 3 is 2.44 bits per heavy atom. The van der Waals surface area contributed by atoms with Crippen LogP contribution < -0.4 is 4.74 Å². The van der Waals surface area contributed by atoms with Crippen molar-refractivity contribution in [3.05, 3.63) is 95.6 Å². The van der Waals surface area contributed by atoms with E-state index in [9.17, 15) is 18.3 Å². The minimum absolute atomic E-state index is 0.0869. The molecule has 0 saturated carbocycles. The van der Waals surface area contributed by atoms with E-state index in [2.05, 4.69) is 12.1 Å². The molecule has 6 nitrogen and oxygen atoms in total. The van der Waals surface area contributed by atoms with Gasteiger partial charge in [0.2, 0.25) is 10.0 Å². The van der Waals surface area contributed by atoms with Crippen molar-refractivity contribution >= 4 is 27.8 Å². The van der Waals surface area contributed by atoms with E-state index in [1.807, 2.05) is 49.4 Å². The van der Waals surface area contributed by atoms with E-state index in [-0.39, 0.29) is 16.7 Å². The number of thioether (sulfide) groups is 1. The van der Waals surface area contributed by atoms with Gasteiger partial charge in [0.05, 0.1) is 24.0 Å². The molecule has 0 radical (unpaired) electrons. The van der Waals surface area contributed by atoms with Crippen molar-refractivity contribution in [2.24, 2.45) is 5.92 Å². The Morgan fingerprint density at radius 2 is 1.78 bits per heavy atom. The summed E-state index contributed by atoms with van der Waals surface area (Å²) in [4.78, 5) is 12.5. The minimum atomic E-state index is -3.93. The van der Waals surface area contributed by atoms with Crippen LogP contribution in [0.2, 0.25) is 0 Å². The topological polar surface area (TPSA) is 83.9 Å². The zero-order valence-electron chi connectivity index (χ0n) is 20.4. The van der Waals surface area contributed by atoms with Gasteiger partial charge >= 0.3 is 5.97 Å². The number of benzene rings is 3. The third-order valence-corrected chi connectivity index (χ3v) is 9.90. The minimum Gasteiger partial charge on any atom is -0.497 e. The summed E-state index contributed by atoms with van der Waals surface area (Å²) in [6.45, 7) is 1.81. The van der Waals surface area contributed by atoms with Gasteiger partial charge < -0.3 is 9.84 Å². The van der Waals surface area contributed by atoms with E-state index in [0.29, 0.717) is 12.2 Å². The zero-order chi connectivity index (χ0) is 25.7. The second-order valence-electron chi connectivity index (χ2n) is 9.01. The van der Waals surface area contributed by atoms with Crippen LogP contribution in [0.15, 0.2) is 83.8 Å². The molecule has 190 valence electrons. The van der Waals surface area contributed by atoms with Gasteiger partial charge in [-0.25, -0.2) is 8.42 Å². The highest BCUT2D eigenvalue weighted by Gasteiger charge is 2.45. The van der Waals surface area contributed by atoms with Crippen LogP contribution in [-0.4, -0.2) is 48.5 Å². The Bertz CT molecular complexity index is 1280. The van der Waals surface area contributed by atoms with Crippen molar-refractivity contribution < 1.29 is 23.1 Å². The van der Waals surface area contributed by atoms with Crippen molar-refractivity contribution in [3.8, 4) is 5.75 Å². The molecule has 0 aliphatic carbocycles. The van der Waals surface area contributed by atoms with Crippen LogP contribution in [0.5, 0.6) is 5.75 Å². The van der Waals surface area contributed by atoms with Gasteiger partial charge in [0.15, 0.2) is 0 Å². The molecule has 1 heterocycles. The third-order valence-electron chi connectivity index (χ3n) is 6.62. The normalized spacial score (nSPS) is 20.7. The fraction of sp³-hybridized carbons (Fsp3) is 0.321. The zero-order valence-corrected chi connectivity index (χ0v) is 22.0. The van der Waals surface area contributed by atoms with Crippen molar-refractivity contribution in [1.82, 2.24) is 4.31 Å². The standard InChI is InChI=1S/C28H31NO5S2/c1-20-11-13-24(14-12-20)36(32,33)29-19-25(28(30)31)27(35-16-15-21-7-4-3-5-8-21)18-26(29)22-9-6-10-23(17-22)34-2/h3-14,17,25-27H,15-16,18-19H2,1-2H3,(H,30,31)/t25-,26+,27-/m1/s1. The first-order valence-electron chi connectivity index (χ1n) is 11.9. The Balaban J connectivity index is 1.66. The molecule has 8 heteroatoms. The predicted octanol–water partition coefficient (Wildman–Crippen LogP) is 5.18. The molecule has 0 bridgehead atoms. The van der Waals surface area contributed by atoms with Gasteiger partial charge in [0.1, 0.15) is 5.75 Å². The van der Waals surface area contributed by atoms with Crippen LogP contribution in [0.1, 0.15) is 29.2 Å². The molecule has 1 aliphatic heterocycles. The fourth-order valence-corrected chi connectivity index (χ4v) is 7.66. The molecule has 1 saturated heterocycles. The number of hydrogen-bond donors (Lipinski definition) is 1. The maximum atomic E-state index is 13.8. The molecule has 3 atom stereocenters. The lowest BCUT2D eigenvalue weighted by atomic mass is 9.90. The lowest BCUT2D eigenvalue weighted by Gasteiger charge is -2.42. The maximum Gasteiger partial charge on any atom is 0.308 e. The van der Waals surface area contributed by atoms with Crippen LogP contribution in [0.25, 0.3) is 0 Å². The van der Waals surface area contributed by atoms with Crippen molar-refractivity contribution in [2.45, 2.75) is 36.0 Å². The van der Waals surface area contributed by atoms with E-state index in [1.165, 1.54) is 9.87 Å². The maximum absolute atomic E-state index is 13.8. The molecule has 0 spiro atoms. The fourth-order valence-electron chi connectivity index (χ4n) is 4.60. The molecule has 36 heavy (non-hydrogen) atoms. The Kier molecular flexibility index (Phi) is 8.39. The largest absolute Gasteiger partial charge is 0.497 e. The first kappa shape index (κ1) is 26.3. The molecule has 1 fully saturated rings. The summed E-state index contributed by atoms with van der Waals surface area (Å²) in [5.74, 6) is -0.393. The average Bonchev–Trinajstić information content (AvgIpc) is 2.89. The van der Waals surface area contributed by atoms with E-state index < -0.39 is 28.0 Å². The Labute approximate surface area is 217 Å². The molecule has 4 rings (SSSR count). The van der Waals surface area contributed by atoms with Gasteiger partial charge in [0.25, 0.3) is 0 Å². The van der Waals surface area contributed by atoms with Crippen molar-refractivity contribution in [2.75, 3.05) is 19.4 Å². The van der Waals surface area contributed by atoms with Gasteiger partial charge in [-0.15, -0.1) is 0 Å². The number of sulfonamides is 1. The first-order chi connectivity index (χ1) is 17.3. The molecule has 0 aromatic heterocycles. The summed E-state index contributed by atoms with van der Waals surface area (Å²) in [7, 11) is -2.36. The Hall–Kier alpha value is -2.81. The molecular formula is C28H31NO5S2. The van der Waals surface area contributed by atoms with Crippen molar-refractivity contribution in [3.63, 3.8) is 0 Å². The lowest BCUT2D eigenvalue weighted by Crippen LogP contribution is -2.49. The summed E-state index contributed by atoms with van der Waals surface area (Å²) in [6.07, 6.45) is 1.22. The number of rotatable bonds is 9. The number of nitrogens with zero attached hydrogens (tertiary/aromatic N) is 1. The molecular weight excluding hydrogens is 494 g/mol. The summed E-state index contributed by atoms with van der Waals surface area (Å²) in [5.41, 5.74) is 2.94. The van der Waals surface area contributed by atoms with E-state index in [0.717, 1.165) is 23.3 Å². The number of hydrogen-bond acceptors (Lipinski definition) is 5. The van der Waals surface area contributed by atoms with E-state index in [1.54, 1.807) is 43.1 Å². The monoisotopic (exact) mass is 525 g/mol. The van der Waals surface area contributed by atoms with Gasteiger partial charge in [0, 0.05) is 11.8 Å². The summed E-state index contributed by atoms with van der Waals surface area (Å²) < 4.78 is 34.4. The number of aryl methyl sites for hydroxylation is 2. The summed E-state index contributed by atoms with van der Waals surface area (Å²) >= 11 is 1.61. The van der Waals surface area contributed by atoms with Gasteiger partial charge in [-0.3, -0.25) is 4.79 Å². The molecule has 1 N–H and O–H groups in total. The molecule has 1 aliphatic rings. The smallest absolute Gasteiger partial charge is 0.308 e. The number of carboxylic acid groups (broad SMARTS) is 1. The van der Waals surface area contributed by atoms with E-state index >= 15 is 0 Å². The molecule has 3 aromatic carbocycles. The average molecular weight is 526 g/mol. The SMILES string of the molecule is COc1cccc([C@@H]2C[C@@H](SCCc3ccccc3)[C@H](C(=O)O)CN2S(=O)(=O)c2ccc(C)cc2)c1. The quantitative estimate of drug-likeness (QED) is 0.414. The number of carbonyl (C=O) groups is 1. The number of carboxylic acids is 1. The van der Waals surface area contributed by atoms with Crippen LogP contribution in [0.3, 0.4) is 0 Å². The summed E-state index contributed by atoms with van der Waals surface area (Å²) in [5, 5.41) is 9.87. The highest BCUT2D eigenvalue weighted by Crippen LogP contribution is 2.43. The van der Waals surface area contributed by atoms with E-state index in [4.69, 9.17) is 4.74 Å². The van der Waals surface area contributed by atoms with Gasteiger partial charge in [-0.2, -0.15) is 16.1 Å². The highest BCUT2D eigenvalue weighted by molar-refractivity contribution is 7.99. The van der Waals surface area contributed by atoms with Crippen molar-refractivity contribution in [1.29, 1.82) is 0 Å². The summed E-state index contributed by atoms with van der Waals surface area (Å²) in [6, 6.07) is 23.7. The van der Waals surface area contributed by atoms with Gasteiger partial charge in [-0.1, -0.05) is 60.2 Å². The molecule has 0 unspecified atom stereocenters. The first-order valence-corrected chi connectivity index (χ1v) is 14.4. The predicted molar refractivity (Wildman–Crippen MR) is 143 cm³/mol. The van der Waals surface area contributed by atoms with Crippen LogP contribution >= 0.6 is 11.8 Å². The Morgan fingerprint density at radius 1 is 1.06 bits per heavy atom. The molecule has 0 amide bonds. The van der Waals surface area contributed by atoms with Crippen LogP contribution in [-0.2, 0) is 21.2 Å². The number of piperidine rings is 1. The number of methoxy groups -OCH3 is 1. The third kappa shape index (κ3) is 5.94.